The van der Waals surface area contributed by atoms with E-state index in [2.05, 4.69) is 26.0 Å². The van der Waals surface area contributed by atoms with Crippen LogP contribution in [0.3, 0.4) is 0 Å². The highest BCUT2D eigenvalue weighted by Gasteiger charge is 2.14. The van der Waals surface area contributed by atoms with Crippen molar-refractivity contribution >= 4 is 11.8 Å². The number of aromatic carboxylic acids is 1. The second kappa shape index (κ2) is 5.95. The van der Waals surface area contributed by atoms with E-state index in [-0.39, 0.29) is 11.5 Å². The molecule has 2 aromatic rings. The van der Waals surface area contributed by atoms with Crippen LogP contribution in [-0.2, 0) is 6.54 Å². The average molecular weight is 285 g/mol. The number of hydrogen-bond donors (Lipinski definition) is 1. The lowest BCUT2D eigenvalue weighted by molar-refractivity contribution is 0.0685. The number of hydrogen-bond acceptors (Lipinski definition) is 2. The summed E-state index contributed by atoms with van der Waals surface area (Å²) in [4.78, 5) is 22.7. The van der Waals surface area contributed by atoms with Gasteiger partial charge in [-0.15, -0.1) is 0 Å². The maximum Gasteiger partial charge on any atom is 0.352 e. The van der Waals surface area contributed by atoms with Crippen molar-refractivity contribution in [3.63, 3.8) is 0 Å². The van der Waals surface area contributed by atoms with E-state index in [4.69, 9.17) is 0 Å². The Hall–Kier alpha value is -2.36. The van der Waals surface area contributed by atoms with Crippen molar-refractivity contribution in [1.29, 1.82) is 0 Å². The van der Waals surface area contributed by atoms with Crippen LogP contribution in [0.2, 0.25) is 0 Å². The maximum atomic E-state index is 11.4. The van der Waals surface area contributed by atoms with Crippen LogP contribution in [0.25, 0.3) is 0 Å². The molecule has 0 aliphatic carbocycles. The van der Waals surface area contributed by atoms with E-state index in [0.29, 0.717) is 18.0 Å². The van der Waals surface area contributed by atoms with E-state index in [9.17, 15) is 14.7 Å². The Kier molecular flexibility index (Phi) is 4.26. The first-order valence-electron chi connectivity index (χ1n) is 6.91. The van der Waals surface area contributed by atoms with Gasteiger partial charge in [-0.25, -0.2) is 4.79 Å². The molecule has 0 amide bonds. The number of ketones is 1. The van der Waals surface area contributed by atoms with Gasteiger partial charge >= 0.3 is 5.97 Å². The summed E-state index contributed by atoms with van der Waals surface area (Å²) >= 11 is 0. The second-order valence-electron chi connectivity index (χ2n) is 5.50. The molecule has 110 valence electrons. The van der Waals surface area contributed by atoms with Gasteiger partial charge in [0.25, 0.3) is 0 Å². The van der Waals surface area contributed by atoms with Gasteiger partial charge in [-0.2, -0.15) is 0 Å². The van der Waals surface area contributed by atoms with Gasteiger partial charge in [-0.3, -0.25) is 4.79 Å². The van der Waals surface area contributed by atoms with Gasteiger partial charge in [-0.05, 0) is 30.0 Å². The van der Waals surface area contributed by atoms with Crippen LogP contribution in [0.15, 0.2) is 36.5 Å². The molecule has 4 nitrogen and oxygen atoms in total. The Morgan fingerprint density at radius 2 is 1.81 bits per heavy atom. The van der Waals surface area contributed by atoms with E-state index in [1.165, 1.54) is 18.6 Å². The summed E-state index contributed by atoms with van der Waals surface area (Å²) in [6.07, 6.45) is 1.60. The van der Waals surface area contributed by atoms with E-state index in [0.717, 1.165) is 5.56 Å². The number of carboxylic acid groups (broad SMARTS) is 1. The molecule has 0 fully saturated rings. The first-order chi connectivity index (χ1) is 9.88. The van der Waals surface area contributed by atoms with E-state index in [1.54, 1.807) is 10.8 Å². The molecule has 0 aliphatic rings. The predicted octanol–water partition coefficient (Wildman–Crippen LogP) is 3.56. The smallest absolute Gasteiger partial charge is 0.352 e. The molecule has 0 saturated carbocycles. The third-order valence-electron chi connectivity index (χ3n) is 3.52. The summed E-state index contributed by atoms with van der Waals surface area (Å²) in [5.74, 6) is -0.697. The van der Waals surface area contributed by atoms with Crippen LogP contribution in [0.4, 0.5) is 0 Å². The Morgan fingerprint density at radius 1 is 1.19 bits per heavy atom. The first-order valence-corrected chi connectivity index (χ1v) is 6.91. The van der Waals surface area contributed by atoms with Gasteiger partial charge < -0.3 is 9.67 Å². The van der Waals surface area contributed by atoms with Crippen LogP contribution in [-0.4, -0.2) is 21.4 Å². The molecule has 0 aliphatic heterocycles. The fourth-order valence-corrected chi connectivity index (χ4v) is 2.22. The van der Waals surface area contributed by atoms with Crippen molar-refractivity contribution in [2.75, 3.05) is 0 Å². The highest BCUT2D eigenvalue weighted by atomic mass is 16.4. The SMILES string of the molecule is CC(=O)c1cc(C(=O)O)n(Cc2ccc(C(C)C)cc2)c1. The quantitative estimate of drug-likeness (QED) is 0.854. The number of benzene rings is 1. The van der Waals surface area contributed by atoms with Gasteiger partial charge in [0.1, 0.15) is 5.69 Å². The third kappa shape index (κ3) is 3.40. The third-order valence-corrected chi connectivity index (χ3v) is 3.52. The zero-order valence-electron chi connectivity index (χ0n) is 12.5. The number of rotatable bonds is 5. The Balaban J connectivity index is 2.30. The molecule has 0 radical (unpaired) electrons. The molecule has 1 aromatic heterocycles. The Labute approximate surface area is 124 Å². The molecule has 21 heavy (non-hydrogen) atoms. The van der Waals surface area contributed by atoms with Crippen LogP contribution in [0.1, 0.15) is 58.7 Å². The highest BCUT2D eigenvalue weighted by Crippen LogP contribution is 2.17. The van der Waals surface area contributed by atoms with Gasteiger partial charge in [0.2, 0.25) is 0 Å². The number of carbonyl (C=O) groups excluding carboxylic acids is 1. The molecule has 0 unspecified atom stereocenters. The lowest BCUT2D eigenvalue weighted by Crippen LogP contribution is -2.08. The van der Waals surface area contributed by atoms with Gasteiger partial charge in [0.05, 0.1) is 0 Å². The fraction of sp³-hybridized carbons (Fsp3) is 0.294. The number of carboxylic acids is 1. The molecule has 0 spiro atoms. The molecule has 0 saturated heterocycles. The van der Waals surface area contributed by atoms with E-state index < -0.39 is 5.97 Å². The molecule has 4 heteroatoms. The predicted molar refractivity (Wildman–Crippen MR) is 81.0 cm³/mol. The van der Waals surface area contributed by atoms with Gasteiger partial charge in [0, 0.05) is 18.3 Å². The van der Waals surface area contributed by atoms with Crippen LogP contribution in [0.5, 0.6) is 0 Å². The van der Waals surface area contributed by atoms with Crippen molar-refractivity contribution in [2.45, 2.75) is 33.2 Å². The van der Waals surface area contributed by atoms with Crippen molar-refractivity contribution in [3.8, 4) is 0 Å². The standard InChI is InChI=1S/C17H19NO3/c1-11(2)14-6-4-13(5-7-14)9-18-10-15(12(3)19)8-16(18)17(20)21/h4-8,10-11H,9H2,1-3H3,(H,20,21). The summed E-state index contributed by atoms with van der Waals surface area (Å²) in [5.41, 5.74) is 2.81. The minimum Gasteiger partial charge on any atom is -0.477 e. The molecule has 0 bridgehead atoms. The number of nitrogens with zero attached hydrogens (tertiary/aromatic N) is 1. The molecular weight excluding hydrogens is 266 g/mol. The van der Waals surface area contributed by atoms with E-state index in [1.807, 2.05) is 12.1 Å². The maximum absolute atomic E-state index is 11.4. The van der Waals surface area contributed by atoms with Crippen molar-refractivity contribution in [3.05, 3.63) is 58.9 Å². The molecular formula is C17H19NO3. The first kappa shape index (κ1) is 15.0. The number of carbonyl (C=O) groups is 2. The van der Waals surface area contributed by atoms with Crippen LogP contribution in [0, 0.1) is 0 Å². The molecule has 2 rings (SSSR count). The molecule has 1 aromatic carbocycles. The number of Topliss-reactive ketones (excluding diaryl/α,β-unsaturated/α-hetero) is 1. The normalized spacial score (nSPS) is 10.9. The Morgan fingerprint density at radius 3 is 2.29 bits per heavy atom. The minimum absolute atomic E-state index is 0.133. The summed E-state index contributed by atoms with van der Waals surface area (Å²) < 4.78 is 1.60. The van der Waals surface area contributed by atoms with Crippen molar-refractivity contribution in [1.82, 2.24) is 4.57 Å². The highest BCUT2D eigenvalue weighted by molar-refractivity contribution is 5.97. The molecule has 1 heterocycles. The largest absolute Gasteiger partial charge is 0.477 e. The average Bonchev–Trinajstić information content (AvgIpc) is 2.83. The summed E-state index contributed by atoms with van der Waals surface area (Å²) in [6.45, 7) is 6.13. The fourth-order valence-electron chi connectivity index (χ4n) is 2.22. The zero-order valence-corrected chi connectivity index (χ0v) is 12.5. The molecule has 1 N–H and O–H groups in total. The lowest BCUT2D eigenvalue weighted by atomic mass is 10.0. The second-order valence-corrected chi connectivity index (χ2v) is 5.50. The lowest BCUT2D eigenvalue weighted by Gasteiger charge is -2.09. The Bertz CT molecular complexity index is 666. The summed E-state index contributed by atoms with van der Waals surface area (Å²) in [6, 6.07) is 9.52. The van der Waals surface area contributed by atoms with Crippen LogP contribution < -0.4 is 0 Å². The van der Waals surface area contributed by atoms with E-state index >= 15 is 0 Å². The monoisotopic (exact) mass is 285 g/mol. The zero-order chi connectivity index (χ0) is 15.6. The summed E-state index contributed by atoms with van der Waals surface area (Å²) in [5, 5.41) is 9.22. The summed E-state index contributed by atoms with van der Waals surface area (Å²) in [7, 11) is 0. The van der Waals surface area contributed by atoms with Crippen LogP contribution >= 0.6 is 0 Å². The minimum atomic E-state index is -1.03. The van der Waals surface area contributed by atoms with Gasteiger partial charge in [-0.1, -0.05) is 38.1 Å². The molecule has 0 atom stereocenters. The topological polar surface area (TPSA) is 59.3 Å². The number of aromatic nitrogens is 1. The van der Waals surface area contributed by atoms with Crippen molar-refractivity contribution in [2.24, 2.45) is 0 Å². The van der Waals surface area contributed by atoms with Gasteiger partial charge in [0.15, 0.2) is 5.78 Å². The van der Waals surface area contributed by atoms with Crippen molar-refractivity contribution < 1.29 is 14.7 Å².